The smallest absolute Gasteiger partial charge is 0.317 e. The van der Waals surface area contributed by atoms with Gasteiger partial charge in [-0.05, 0) is 12.5 Å². The first kappa shape index (κ1) is 13.1. The van der Waals surface area contributed by atoms with Gasteiger partial charge in [0.15, 0.2) is 0 Å². The van der Waals surface area contributed by atoms with Crippen LogP contribution in [0.4, 0.5) is 4.79 Å². The Balaban J connectivity index is 1.87. The van der Waals surface area contributed by atoms with E-state index in [1.807, 2.05) is 9.80 Å². The molecule has 2 unspecified atom stereocenters. The molecule has 0 bridgehead atoms. The van der Waals surface area contributed by atoms with Crippen molar-refractivity contribution >= 4 is 11.9 Å². The number of fused-ring (bicyclic) bond motifs is 1. The highest BCUT2D eigenvalue weighted by Crippen LogP contribution is 2.16. The molecule has 2 aliphatic heterocycles. The lowest BCUT2D eigenvalue weighted by atomic mass is 10.0. The van der Waals surface area contributed by atoms with Gasteiger partial charge in [-0.1, -0.05) is 13.3 Å². The van der Waals surface area contributed by atoms with E-state index >= 15 is 0 Å². The van der Waals surface area contributed by atoms with Crippen molar-refractivity contribution < 1.29 is 9.59 Å². The van der Waals surface area contributed by atoms with Gasteiger partial charge in [0.05, 0.1) is 6.04 Å². The molecule has 2 rings (SSSR count). The van der Waals surface area contributed by atoms with Crippen molar-refractivity contribution in [3.63, 3.8) is 0 Å². The summed E-state index contributed by atoms with van der Waals surface area (Å²) in [6.07, 6.45) is 1.47. The van der Waals surface area contributed by atoms with Gasteiger partial charge in [-0.3, -0.25) is 4.79 Å². The van der Waals surface area contributed by atoms with Crippen molar-refractivity contribution in [2.75, 3.05) is 32.7 Å². The van der Waals surface area contributed by atoms with E-state index in [0.29, 0.717) is 39.1 Å². The summed E-state index contributed by atoms with van der Waals surface area (Å²) in [4.78, 5) is 27.3. The third kappa shape index (κ3) is 2.58. The molecule has 0 aromatic carbocycles. The molecule has 2 atom stereocenters. The summed E-state index contributed by atoms with van der Waals surface area (Å²) in [5, 5.41) is 2.81. The van der Waals surface area contributed by atoms with E-state index < -0.39 is 0 Å². The lowest BCUT2D eigenvalue weighted by molar-refractivity contribution is -0.134. The zero-order valence-corrected chi connectivity index (χ0v) is 10.9. The molecule has 0 radical (unpaired) electrons. The van der Waals surface area contributed by atoms with Crippen LogP contribution in [0.15, 0.2) is 0 Å². The van der Waals surface area contributed by atoms with Gasteiger partial charge in [0.2, 0.25) is 5.91 Å². The highest BCUT2D eigenvalue weighted by Gasteiger charge is 2.36. The number of nitrogens with two attached hydrogens (primary N) is 1. The van der Waals surface area contributed by atoms with Crippen LogP contribution in [-0.4, -0.2) is 60.5 Å². The SMILES string of the molecule is CCC(CN)CC(=O)N1CCN2C(=O)NCC2C1. The van der Waals surface area contributed by atoms with Gasteiger partial charge >= 0.3 is 6.03 Å². The van der Waals surface area contributed by atoms with Crippen LogP contribution in [0.1, 0.15) is 19.8 Å². The fourth-order valence-electron chi connectivity index (χ4n) is 2.60. The Hall–Kier alpha value is -1.30. The summed E-state index contributed by atoms with van der Waals surface area (Å²) in [5.41, 5.74) is 5.63. The Bertz CT molecular complexity index is 330. The number of hydrogen-bond donors (Lipinski definition) is 2. The Morgan fingerprint density at radius 3 is 3.00 bits per heavy atom. The molecule has 3 amide bonds. The number of hydrogen-bond acceptors (Lipinski definition) is 3. The quantitative estimate of drug-likeness (QED) is 0.716. The zero-order valence-electron chi connectivity index (χ0n) is 10.9. The topological polar surface area (TPSA) is 78.7 Å². The highest BCUT2D eigenvalue weighted by atomic mass is 16.2. The maximum Gasteiger partial charge on any atom is 0.317 e. The molecule has 2 saturated heterocycles. The first-order chi connectivity index (χ1) is 8.65. The second-order valence-electron chi connectivity index (χ2n) is 5.09. The summed E-state index contributed by atoms with van der Waals surface area (Å²) in [7, 11) is 0. The van der Waals surface area contributed by atoms with Crippen LogP contribution in [0.25, 0.3) is 0 Å². The maximum absolute atomic E-state index is 12.1. The van der Waals surface area contributed by atoms with Gasteiger partial charge < -0.3 is 20.9 Å². The van der Waals surface area contributed by atoms with E-state index in [4.69, 9.17) is 5.73 Å². The van der Waals surface area contributed by atoms with E-state index in [1.54, 1.807) is 0 Å². The molecule has 6 heteroatoms. The summed E-state index contributed by atoms with van der Waals surface area (Å²) in [6.45, 7) is 5.20. The predicted octanol–water partition coefficient (Wildman–Crippen LogP) is -0.403. The third-order valence-electron chi connectivity index (χ3n) is 3.96. The third-order valence-corrected chi connectivity index (χ3v) is 3.96. The molecule has 0 aromatic rings. The molecule has 0 aliphatic carbocycles. The number of rotatable bonds is 4. The van der Waals surface area contributed by atoms with E-state index in [1.165, 1.54) is 0 Å². The first-order valence-electron chi connectivity index (χ1n) is 6.68. The van der Waals surface area contributed by atoms with Crippen LogP contribution in [0.3, 0.4) is 0 Å². The molecule has 0 spiro atoms. The summed E-state index contributed by atoms with van der Waals surface area (Å²) >= 11 is 0. The van der Waals surface area contributed by atoms with E-state index in [2.05, 4.69) is 12.2 Å². The second-order valence-corrected chi connectivity index (χ2v) is 5.09. The molecule has 18 heavy (non-hydrogen) atoms. The zero-order chi connectivity index (χ0) is 13.1. The van der Waals surface area contributed by atoms with Gasteiger partial charge in [-0.15, -0.1) is 0 Å². The highest BCUT2D eigenvalue weighted by molar-refractivity contribution is 5.79. The molecule has 6 nitrogen and oxygen atoms in total. The van der Waals surface area contributed by atoms with Crippen molar-refractivity contribution in [1.29, 1.82) is 0 Å². The van der Waals surface area contributed by atoms with Gasteiger partial charge in [-0.2, -0.15) is 0 Å². The summed E-state index contributed by atoms with van der Waals surface area (Å²) in [6, 6.07) is 0.147. The number of carbonyl (C=O) groups excluding carboxylic acids is 2. The molecule has 3 N–H and O–H groups in total. The predicted molar refractivity (Wildman–Crippen MR) is 67.9 cm³/mol. The van der Waals surface area contributed by atoms with E-state index in [9.17, 15) is 9.59 Å². The minimum Gasteiger partial charge on any atom is -0.339 e. The number of amides is 3. The number of urea groups is 1. The molecule has 0 aromatic heterocycles. The number of nitrogens with one attached hydrogen (secondary N) is 1. The summed E-state index contributed by atoms with van der Waals surface area (Å²) < 4.78 is 0. The van der Waals surface area contributed by atoms with Gasteiger partial charge in [0, 0.05) is 32.6 Å². The second kappa shape index (κ2) is 5.56. The molecule has 2 aliphatic rings. The normalized spacial score (nSPS) is 24.8. The van der Waals surface area contributed by atoms with Crippen LogP contribution < -0.4 is 11.1 Å². The average molecular weight is 254 g/mol. The van der Waals surface area contributed by atoms with E-state index in [-0.39, 0.29) is 23.9 Å². The molecule has 2 fully saturated rings. The number of nitrogens with zero attached hydrogens (tertiary/aromatic N) is 2. The summed E-state index contributed by atoms with van der Waals surface area (Å²) in [5.74, 6) is 0.449. The van der Waals surface area contributed by atoms with Gasteiger partial charge in [-0.25, -0.2) is 4.79 Å². The Labute approximate surface area is 107 Å². The minimum atomic E-state index is 0.000455. The van der Waals surface area contributed by atoms with Crippen molar-refractivity contribution in [2.24, 2.45) is 11.7 Å². The Morgan fingerprint density at radius 2 is 2.33 bits per heavy atom. The fraction of sp³-hybridized carbons (Fsp3) is 0.833. The van der Waals surface area contributed by atoms with Gasteiger partial charge in [0.1, 0.15) is 0 Å². The standard InChI is InChI=1S/C12H22N4O2/c1-2-9(6-13)5-11(17)15-3-4-16-10(8-15)7-14-12(16)18/h9-10H,2-8,13H2,1H3,(H,14,18). The average Bonchev–Trinajstić information content (AvgIpc) is 2.77. The van der Waals surface area contributed by atoms with Crippen molar-refractivity contribution in [3.8, 4) is 0 Å². The molecule has 2 heterocycles. The first-order valence-corrected chi connectivity index (χ1v) is 6.68. The molecule has 0 saturated carbocycles. The number of piperazine rings is 1. The molecular weight excluding hydrogens is 232 g/mol. The lowest BCUT2D eigenvalue weighted by Crippen LogP contribution is -2.54. The van der Waals surface area contributed by atoms with Crippen molar-refractivity contribution in [2.45, 2.75) is 25.8 Å². The van der Waals surface area contributed by atoms with Crippen molar-refractivity contribution in [3.05, 3.63) is 0 Å². The minimum absolute atomic E-state index is 0.000455. The van der Waals surface area contributed by atoms with Crippen LogP contribution in [0, 0.1) is 5.92 Å². The largest absolute Gasteiger partial charge is 0.339 e. The van der Waals surface area contributed by atoms with E-state index in [0.717, 1.165) is 6.42 Å². The Kier molecular flexibility index (Phi) is 4.06. The maximum atomic E-state index is 12.1. The lowest BCUT2D eigenvalue weighted by Gasteiger charge is -2.37. The van der Waals surface area contributed by atoms with Crippen molar-refractivity contribution in [1.82, 2.24) is 15.1 Å². The van der Waals surface area contributed by atoms with Gasteiger partial charge in [0.25, 0.3) is 0 Å². The fourth-order valence-corrected chi connectivity index (χ4v) is 2.60. The van der Waals surface area contributed by atoms with Crippen LogP contribution in [-0.2, 0) is 4.79 Å². The molecule has 102 valence electrons. The molecular formula is C12H22N4O2. The number of carbonyl (C=O) groups is 2. The van der Waals surface area contributed by atoms with Crippen LogP contribution >= 0.6 is 0 Å². The van der Waals surface area contributed by atoms with Crippen LogP contribution in [0.2, 0.25) is 0 Å². The monoisotopic (exact) mass is 254 g/mol. The van der Waals surface area contributed by atoms with Crippen LogP contribution in [0.5, 0.6) is 0 Å². The Morgan fingerprint density at radius 1 is 1.56 bits per heavy atom.